The van der Waals surface area contributed by atoms with Crippen molar-refractivity contribution in [3.8, 4) is 0 Å². The summed E-state index contributed by atoms with van der Waals surface area (Å²) in [6, 6.07) is 0. The SMILES string of the molecule is O=C(CN1CCOCC1)C1CCCNC1. The summed E-state index contributed by atoms with van der Waals surface area (Å²) in [5, 5.41) is 3.29. The third-order valence-electron chi connectivity index (χ3n) is 3.24. The average molecular weight is 212 g/mol. The summed E-state index contributed by atoms with van der Waals surface area (Å²) in [4.78, 5) is 14.2. The molecular formula is C11H20N2O2. The Kier molecular flexibility index (Phi) is 4.11. The van der Waals surface area contributed by atoms with Gasteiger partial charge in [0.1, 0.15) is 0 Å². The lowest BCUT2D eigenvalue weighted by atomic mass is 9.95. The molecule has 0 bridgehead atoms. The van der Waals surface area contributed by atoms with Crippen molar-refractivity contribution in [2.75, 3.05) is 45.9 Å². The summed E-state index contributed by atoms with van der Waals surface area (Å²) in [7, 11) is 0. The second kappa shape index (κ2) is 5.58. The van der Waals surface area contributed by atoms with Gasteiger partial charge in [-0.15, -0.1) is 0 Å². The topological polar surface area (TPSA) is 41.6 Å². The predicted octanol–water partition coefficient (Wildman–Crippen LogP) is -0.113. The highest BCUT2D eigenvalue weighted by molar-refractivity contribution is 5.83. The molecule has 0 aromatic rings. The normalized spacial score (nSPS) is 28.9. The largest absolute Gasteiger partial charge is 0.379 e. The lowest BCUT2D eigenvalue weighted by Crippen LogP contribution is -2.43. The zero-order chi connectivity index (χ0) is 10.5. The standard InChI is InChI=1S/C11H20N2O2/c14-11(10-2-1-3-12-8-10)9-13-4-6-15-7-5-13/h10,12H,1-9H2. The van der Waals surface area contributed by atoms with Gasteiger partial charge in [-0.1, -0.05) is 0 Å². The van der Waals surface area contributed by atoms with Crippen LogP contribution in [0.3, 0.4) is 0 Å². The molecule has 0 radical (unpaired) electrons. The summed E-state index contributed by atoms with van der Waals surface area (Å²) < 4.78 is 5.26. The molecule has 2 fully saturated rings. The number of ether oxygens (including phenoxy) is 1. The Hall–Kier alpha value is -0.450. The number of rotatable bonds is 3. The molecule has 86 valence electrons. The van der Waals surface area contributed by atoms with Crippen LogP contribution in [0.5, 0.6) is 0 Å². The van der Waals surface area contributed by atoms with E-state index < -0.39 is 0 Å². The van der Waals surface area contributed by atoms with Gasteiger partial charge in [-0.05, 0) is 19.4 Å². The highest BCUT2D eigenvalue weighted by atomic mass is 16.5. The molecular weight excluding hydrogens is 192 g/mol. The van der Waals surface area contributed by atoms with Crippen molar-refractivity contribution in [1.29, 1.82) is 0 Å². The molecule has 15 heavy (non-hydrogen) atoms. The Morgan fingerprint density at radius 2 is 2.20 bits per heavy atom. The van der Waals surface area contributed by atoms with Gasteiger partial charge >= 0.3 is 0 Å². The number of carbonyl (C=O) groups excluding carboxylic acids is 1. The Morgan fingerprint density at radius 1 is 1.40 bits per heavy atom. The van der Waals surface area contributed by atoms with Crippen LogP contribution in [0.25, 0.3) is 0 Å². The second-order valence-corrected chi connectivity index (χ2v) is 4.40. The van der Waals surface area contributed by atoms with E-state index >= 15 is 0 Å². The van der Waals surface area contributed by atoms with Crippen molar-refractivity contribution in [1.82, 2.24) is 10.2 Å². The van der Waals surface area contributed by atoms with Crippen LogP contribution in [0.1, 0.15) is 12.8 Å². The second-order valence-electron chi connectivity index (χ2n) is 4.40. The minimum atomic E-state index is 0.251. The van der Waals surface area contributed by atoms with E-state index in [4.69, 9.17) is 4.74 Å². The molecule has 1 atom stereocenters. The van der Waals surface area contributed by atoms with Crippen LogP contribution in [-0.2, 0) is 9.53 Å². The molecule has 0 spiro atoms. The Morgan fingerprint density at radius 3 is 2.87 bits per heavy atom. The van der Waals surface area contributed by atoms with Gasteiger partial charge in [0, 0.05) is 25.6 Å². The van der Waals surface area contributed by atoms with Crippen LogP contribution >= 0.6 is 0 Å². The molecule has 1 N–H and O–H groups in total. The first-order valence-electron chi connectivity index (χ1n) is 5.90. The zero-order valence-electron chi connectivity index (χ0n) is 9.21. The molecule has 0 aromatic heterocycles. The molecule has 2 aliphatic heterocycles. The van der Waals surface area contributed by atoms with Crippen molar-refractivity contribution < 1.29 is 9.53 Å². The van der Waals surface area contributed by atoms with E-state index in [0.717, 1.165) is 52.2 Å². The number of hydrogen-bond donors (Lipinski definition) is 1. The number of Topliss-reactive ketones (excluding diaryl/α,β-unsaturated/α-hetero) is 1. The van der Waals surface area contributed by atoms with Crippen LogP contribution in [0.2, 0.25) is 0 Å². The highest BCUT2D eigenvalue weighted by Crippen LogP contribution is 2.12. The molecule has 4 nitrogen and oxygen atoms in total. The van der Waals surface area contributed by atoms with Gasteiger partial charge in [-0.25, -0.2) is 0 Å². The first-order valence-corrected chi connectivity index (χ1v) is 5.90. The van der Waals surface area contributed by atoms with Gasteiger partial charge in [-0.3, -0.25) is 9.69 Å². The molecule has 2 heterocycles. The fourth-order valence-electron chi connectivity index (χ4n) is 2.24. The molecule has 0 aromatic carbocycles. The van der Waals surface area contributed by atoms with E-state index in [0.29, 0.717) is 12.3 Å². The molecule has 2 saturated heterocycles. The summed E-state index contributed by atoms with van der Waals surface area (Å²) >= 11 is 0. The summed E-state index contributed by atoms with van der Waals surface area (Å²) in [5.41, 5.74) is 0. The molecule has 1 unspecified atom stereocenters. The molecule has 2 aliphatic rings. The zero-order valence-corrected chi connectivity index (χ0v) is 9.21. The average Bonchev–Trinajstić information content (AvgIpc) is 2.31. The maximum atomic E-state index is 11.9. The van der Waals surface area contributed by atoms with Crippen molar-refractivity contribution in [3.63, 3.8) is 0 Å². The first kappa shape index (κ1) is 11.0. The number of morpholine rings is 1. The van der Waals surface area contributed by atoms with Crippen molar-refractivity contribution in [2.24, 2.45) is 5.92 Å². The maximum Gasteiger partial charge on any atom is 0.151 e. The number of ketones is 1. The Labute approximate surface area is 91.0 Å². The van der Waals surface area contributed by atoms with Gasteiger partial charge in [0.05, 0.1) is 19.8 Å². The first-order chi connectivity index (χ1) is 7.36. The number of carbonyl (C=O) groups is 1. The van der Waals surface area contributed by atoms with Crippen LogP contribution in [-0.4, -0.2) is 56.6 Å². The fraction of sp³-hybridized carbons (Fsp3) is 0.909. The van der Waals surface area contributed by atoms with Gasteiger partial charge in [-0.2, -0.15) is 0 Å². The Bertz CT molecular complexity index is 209. The molecule has 0 saturated carbocycles. The summed E-state index contributed by atoms with van der Waals surface area (Å²) in [6.45, 7) is 5.93. The van der Waals surface area contributed by atoms with Gasteiger partial charge in [0.25, 0.3) is 0 Å². The minimum absolute atomic E-state index is 0.251. The lowest BCUT2D eigenvalue weighted by molar-refractivity contribution is -0.125. The smallest absolute Gasteiger partial charge is 0.151 e. The monoisotopic (exact) mass is 212 g/mol. The third kappa shape index (κ3) is 3.26. The Balaban J connectivity index is 1.74. The van der Waals surface area contributed by atoms with E-state index in [9.17, 15) is 4.79 Å². The number of nitrogens with zero attached hydrogens (tertiary/aromatic N) is 1. The van der Waals surface area contributed by atoms with E-state index in [2.05, 4.69) is 10.2 Å². The van der Waals surface area contributed by atoms with Crippen molar-refractivity contribution in [2.45, 2.75) is 12.8 Å². The quantitative estimate of drug-likeness (QED) is 0.708. The highest BCUT2D eigenvalue weighted by Gasteiger charge is 2.23. The lowest BCUT2D eigenvalue weighted by Gasteiger charge is -2.28. The molecule has 2 rings (SSSR count). The van der Waals surface area contributed by atoms with Crippen molar-refractivity contribution in [3.05, 3.63) is 0 Å². The summed E-state index contributed by atoms with van der Waals surface area (Å²) in [6.07, 6.45) is 2.20. The van der Waals surface area contributed by atoms with E-state index in [-0.39, 0.29) is 5.92 Å². The van der Waals surface area contributed by atoms with Gasteiger partial charge in [0.2, 0.25) is 0 Å². The third-order valence-corrected chi connectivity index (χ3v) is 3.24. The van der Waals surface area contributed by atoms with Gasteiger partial charge < -0.3 is 10.1 Å². The predicted molar refractivity (Wildman–Crippen MR) is 57.9 cm³/mol. The van der Waals surface area contributed by atoms with Crippen LogP contribution in [0, 0.1) is 5.92 Å². The number of hydrogen-bond acceptors (Lipinski definition) is 4. The van der Waals surface area contributed by atoms with E-state index in [1.165, 1.54) is 0 Å². The van der Waals surface area contributed by atoms with Crippen LogP contribution in [0.15, 0.2) is 0 Å². The maximum absolute atomic E-state index is 11.9. The molecule has 0 amide bonds. The number of nitrogens with one attached hydrogen (secondary N) is 1. The number of piperidine rings is 1. The molecule has 0 aliphatic carbocycles. The molecule has 4 heteroatoms. The van der Waals surface area contributed by atoms with Gasteiger partial charge in [0.15, 0.2) is 5.78 Å². The van der Waals surface area contributed by atoms with Crippen LogP contribution in [0.4, 0.5) is 0 Å². The van der Waals surface area contributed by atoms with Crippen LogP contribution < -0.4 is 5.32 Å². The minimum Gasteiger partial charge on any atom is -0.379 e. The van der Waals surface area contributed by atoms with E-state index in [1.807, 2.05) is 0 Å². The fourth-order valence-corrected chi connectivity index (χ4v) is 2.24. The summed E-state index contributed by atoms with van der Waals surface area (Å²) in [5.74, 6) is 0.658. The van der Waals surface area contributed by atoms with Crippen molar-refractivity contribution >= 4 is 5.78 Å². The van der Waals surface area contributed by atoms with E-state index in [1.54, 1.807) is 0 Å².